The van der Waals surface area contributed by atoms with Gasteiger partial charge in [0.15, 0.2) is 0 Å². The lowest BCUT2D eigenvalue weighted by molar-refractivity contribution is -0.149. The number of halogens is 1. The van der Waals surface area contributed by atoms with Crippen LogP contribution in [0.25, 0.3) is 0 Å². The molecule has 0 aliphatic carbocycles. The summed E-state index contributed by atoms with van der Waals surface area (Å²) in [6, 6.07) is 6.38. The second-order valence-electron chi connectivity index (χ2n) is 5.93. The van der Waals surface area contributed by atoms with E-state index in [4.69, 9.17) is 16.3 Å². The van der Waals surface area contributed by atoms with Crippen molar-refractivity contribution in [1.82, 2.24) is 4.90 Å². The molecule has 0 radical (unpaired) electrons. The molecule has 6 heteroatoms. The summed E-state index contributed by atoms with van der Waals surface area (Å²) in [6.07, 6.45) is 0.773. The van der Waals surface area contributed by atoms with Gasteiger partial charge in [-0.15, -0.1) is 11.8 Å². The molecule has 4 nitrogen and oxygen atoms in total. The van der Waals surface area contributed by atoms with Crippen LogP contribution in [0.1, 0.15) is 37.6 Å². The highest BCUT2D eigenvalue weighted by molar-refractivity contribution is 8.00. The first kappa shape index (κ1) is 18.1. The van der Waals surface area contributed by atoms with Gasteiger partial charge in [0, 0.05) is 5.75 Å². The van der Waals surface area contributed by atoms with Crippen molar-refractivity contribution in [2.75, 3.05) is 12.4 Å². The molecule has 1 aromatic rings. The maximum atomic E-state index is 12.9. The van der Waals surface area contributed by atoms with Gasteiger partial charge in [-0.05, 0) is 24.5 Å². The number of esters is 1. The van der Waals surface area contributed by atoms with Gasteiger partial charge in [0.2, 0.25) is 0 Å². The van der Waals surface area contributed by atoms with Crippen LogP contribution in [0.3, 0.4) is 0 Å². The Morgan fingerprint density at radius 1 is 1.39 bits per heavy atom. The predicted octanol–water partition coefficient (Wildman–Crippen LogP) is 3.83. The fraction of sp³-hybridized carbons (Fsp3) is 0.529. The first-order chi connectivity index (χ1) is 11.0. The largest absolute Gasteiger partial charge is 0.464 e. The van der Waals surface area contributed by atoms with Crippen molar-refractivity contribution in [2.24, 2.45) is 5.92 Å². The fourth-order valence-corrected chi connectivity index (χ4v) is 4.01. The van der Waals surface area contributed by atoms with E-state index in [1.54, 1.807) is 40.9 Å². The molecule has 2 unspecified atom stereocenters. The van der Waals surface area contributed by atoms with Crippen LogP contribution >= 0.6 is 23.4 Å². The number of hydrogen-bond donors (Lipinski definition) is 0. The number of carbonyl (C=O) groups excluding carboxylic acids is 2. The number of rotatable bonds is 5. The van der Waals surface area contributed by atoms with Crippen LogP contribution < -0.4 is 0 Å². The molecule has 0 aromatic heterocycles. The summed E-state index contributed by atoms with van der Waals surface area (Å²) in [5, 5.41) is 0.369. The van der Waals surface area contributed by atoms with Gasteiger partial charge in [0.1, 0.15) is 6.04 Å². The lowest BCUT2D eigenvalue weighted by Crippen LogP contribution is -2.46. The van der Waals surface area contributed by atoms with Crippen molar-refractivity contribution in [2.45, 2.75) is 38.6 Å². The summed E-state index contributed by atoms with van der Waals surface area (Å²) in [6.45, 7) is 6.34. The predicted molar refractivity (Wildman–Crippen MR) is 93.7 cm³/mol. The maximum Gasteiger partial charge on any atom is 0.329 e. The lowest BCUT2D eigenvalue weighted by atomic mass is 10.1. The van der Waals surface area contributed by atoms with Crippen molar-refractivity contribution >= 4 is 35.2 Å². The Bertz CT molecular complexity index is 579. The molecular weight excluding hydrogens is 334 g/mol. The van der Waals surface area contributed by atoms with Crippen molar-refractivity contribution in [3.8, 4) is 0 Å². The minimum atomic E-state index is -0.549. The summed E-state index contributed by atoms with van der Waals surface area (Å²) >= 11 is 7.76. The van der Waals surface area contributed by atoms with E-state index in [1.165, 1.54) is 0 Å². The lowest BCUT2D eigenvalue weighted by Gasteiger charge is -2.28. The van der Waals surface area contributed by atoms with Gasteiger partial charge in [-0.2, -0.15) is 0 Å². The first-order valence-corrected chi connectivity index (χ1v) is 9.23. The molecule has 1 aromatic carbocycles. The smallest absolute Gasteiger partial charge is 0.329 e. The monoisotopic (exact) mass is 355 g/mol. The zero-order valence-electron chi connectivity index (χ0n) is 13.6. The molecule has 0 spiro atoms. The average Bonchev–Trinajstić information content (AvgIpc) is 2.96. The van der Waals surface area contributed by atoms with Crippen molar-refractivity contribution in [3.05, 3.63) is 34.9 Å². The van der Waals surface area contributed by atoms with Gasteiger partial charge >= 0.3 is 5.97 Å². The molecular formula is C17H22ClNO3S. The van der Waals surface area contributed by atoms with E-state index in [-0.39, 0.29) is 23.2 Å². The van der Waals surface area contributed by atoms with E-state index in [2.05, 4.69) is 0 Å². The zero-order chi connectivity index (χ0) is 17.0. The van der Waals surface area contributed by atoms with Crippen LogP contribution in [0, 0.1) is 5.92 Å². The highest BCUT2D eigenvalue weighted by Gasteiger charge is 2.42. The minimum Gasteiger partial charge on any atom is -0.464 e. The number of benzene rings is 1. The number of nitrogens with zero attached hydrogens (tertiary/aromatic N) is 1. The Balaban J connectivity index is 2.22. The molecule has 0 bridgehead atoms. The van der Waals surface area contributed by atoms with Gasteiger partial charge in [0.05, 0.1) is 22.6 Å². The van der Waals surface area contributed by atoms with Crippen molar-refractivity contribution in [1.29, 1.82) is 0 Å². The summed E-state index contributed by atoms with van der Waals surface area (Å²) in [7, 11) is 0. The summed E-state index contributed by atoms with van der Waals surface area (Å²) < 4.78 is 5.35. The van der Waals surface area contributed by atoms with Crippen molar-refractivity contribution in [3.63, 3.8) is 0 Å². The molecule has 1 amide bonds. The molecule has 0 saturated carbocycles. The summed E-state index contributed by atoms with van der Waals surface area (Å²) in [5.74, 6) is 0.287. The van der Waals surface area contributed by atoms with Crippen LogP contribution in [0.5, 0.6) is 0 Å². The number of amides is 1. The standard InChI is InChI=1S/C17H22ClNO3S/c1-4-15-19(16(20)12-7-5-6-8-13(12)18)14(10-23-15)17(21)22-9-11(2)3/h5-8,11,14-15H,4,9-10H2,1-3H3. The van der Waals surface area contributed by atoms with Gasteiger partial charge < -0.3 is 9.64 Å². The molecule has 126 valence electrons. The second kappa shape index (κ2) is 8.06. The van der Waals surface area contributed by atoms with E-state index in [1.807, 2.05) is 20.8 Å². The number of thioether (sulfide) groups is 1. The molecule has 2 atom stereocenters. The zero-order valence-corrected chi connectivity index (χ0v) is 15.2. The molecule has 2 rings (SSSR count). The Labute approximate surface area is 146 Å². The van der Waals surface area contributed by atoms with Crippen LogP contribution in [0.4, 0.5) is 0 Å². The van der Waals surface area contributed by atoms with E-state index in [0.717, 1.165) is 6.42 Å². The Morgan fingerprint density at radius 2 is 2.09 bits per heavy atom. The molecule has 1 saturated heterocycles. The topological polar surface area (TPSA) is 46.6 Å². The average molecular weight is 356 g/mol. The van der Waals surface area contributed by atoms with Crippen LogP contribution in [0.15, 0.2) is 24.3 Å². The van der Waals surface area contributed by atoms with Gasteiger partial charge in [0.25, 0.3) is 5.91 Å². The maximum absolute atomic E-state index is 12.9. The van der Waals surface area contributed by atoms with Crippen LogP contribution in [-0.2, 0) is 9.53 Å². The van der Waals surface area contributed by atoms with Gasteiger partial charge in [-0.25, -0.2) is 4.79 Å². The third kappa shape index (κ3) is 4.21. The molecule has 23 heavy (non-hydrogen) atoms. The fourth-order valence-electron chi connectivity index (χ4n) is 2.45. The van der Waals surface area contributed by atoms with E-state index in [0.29, 0.717) is 22.9 Å². The van der Waals surface area contributed by atoms with Gasteiger partial charge in [-0.3, -0.25) is 4.79 Å². The van der Waals surface area contributed by atoms with E-state index >= 15 is 0 Å². The second-order valence-corrected chi connectivity index (χ2v) is 7.55. The van der Waals surface area contributed by atoms with E-state index < -0.39 is 6.04 Å². The third-order valence-corrected chi connectivity index (χ3v) is 5.39. The van der Waals surface area contributed by atoms with E-state index in [9.17, 15) is 9.59 Å². The molecule has 1 aliphatic heterocycles. The SMILES string of the molecule is CCC1SCC(C(=O)OCC(C)C)N1C(=O)c1ccccc1Cl. The quantitative estimate of drug-likeness (QED) is 0.753. The molecule has 1 heterocycles. The highest BCUT2D eigenvalue weighted by atomic mass is 35.5. The summed E-state index contributed by atoms with van der Waals surface area (Å²) in [5.41, 5.74) is 0.428. The molecule has 1 aliphatic rings. The highest BCUT2D eigenvalue weighted by Crippen LogP contribution is 2.34. The first-order valence-electron chi connectivity index (χ1n) is 7.81. The molecule has 1 fully saturated rings. The Kier molecular flexibility index (Phi) is 6.36. The van der Waals surface area contributed by atoms with Crippen molar-refractivity contribution < 1.29 is 14.3 Å². The van der Waals surface area contributed by atoms with Crippen LogP contribution in [-0.4, -0.2) is 40.6 Å². The Hall–Kier alpha value is -1.20. The number of hydrogen-bond acceptors (Lipinski definition) is 4. The molecule has 0 N–H and O–H groups in total. The minimum absolute atomic E-state index is 0.0321. The van der Waals surface area contributed by atoms with Crippen LogP contribution in [0.2, 0.25) is 5.02 Å². The normalized spacial score (nSPS) is 20.8. The third-order valence-electron chi connectivity index (χ3n) is 3.61. The number of carbonyl (C=O) groups is 2. The summed E-state index contributed by atoms with van der Waals surface area (Å²) in [4.78, 5) is 26.9. The number of ether oxygens (including phenoxy) is 1. The van der Waals surface area contributed by atoms with Gasteiger partial charge in [-0.1, -0.05) is 44.5 Å². The Morgan fingerprint density at radius 3 is 2.70 bits per heavy atom.